The van der Waals surface area contributed by atoms with Crippen molar-refractivity contribution < 1.29 is 4.79 Å². The predicted molar refractivity (Wildman–Crippen MR) is 103 cm³/mol. The Morgan fingerprint density at radius 3 is 2.64 bits per heavy atom. The molecule has 0 radical (unpaired) electrons. The molecule has 142 valence electrons. The SMILES string of the molecule is CC(C)CCCC(C)NC(=O)CSc1nnc(C2CCCCC2)n1N. The minimum Gasteiger partial charge on any atom is -0.353 e. The zero-order valence-electron chi connectivity index (χ0n) is 15.8. The summed E-state index contributed by atoms with van der Waals surface area (Å²) in [7, 11) is 0. The fourth-order valence-corrected chi connectivity index (χ4v) is 4.05. The first kappa shape index (κ1) is 20.1. The minimum absolute atomic E-state index is 0.0317. The lowest BCUT2D eigenvalue weighted by molar-refractivity contribution is -0.119. The molecule has 1 heterocycles. The molecule has 1 unspecified atom stereocenters. The Morgan fingerprint density at radius 1 is 1.24 bits per heavy atom. The number of nitrogen functional groups attached to an aromatic ring is 1. The molecule has 7 heteroatoms. The molecule has 0 aliphatic heterocycles. The van der Waals surface area contributed by atoms with Crippen LogP contribution in [-0.4, -0.2) is 32.6 Å². The van der Waals surface area contributed by atoms with E-state index in [1.165, 1.54) is 37.4 Å². The number of nitrogens with two attached hydrogens (primary N) is 1. The van der Waals surface area contributed by atoms with Crippen LogP contribution in [-0.2, 0) is 4.79 Å². The van der Waals surface area contributed by atoms with Crippen molar-refractivity contribution in [3.8, 4) is 0 Å². The number of rotatable bonds is 9. The van der Waals surface area contributed by atoms with Gasteiger partial charge in [0.25, 0.3) is 0 Å². The first-order chi connectivity index (χ1) is 12.0. The fraction of sp³-hybridized carbons (Fsp3) is 0.833. The molecule has 1 saturated carbocycles. The molecular formula is C18H33N5OS. The van der Waals surface area contributed by atoms with Crippen molar-refractivity contribution in [3.63, 3.8) is 0 Å². The van der Waals surface area contributed by atoms with Crippen molar-refractivity contribution in [1.29, 1.82) is 0 Å². The van der Waals surface area contributed by atoms with Crippen LogP contribution in [0.25, 0.3) is 0 Å². The highest BCUT2D eigenvalue weighted by atomic mass is 32.2. The number of aromatic nitrogens is 3. The first-order valence-corrected chi connectivity index (χ1v) is 10.6. The van der Waals surface area contributed by atoms with E-state index in [2.05, 4.69) is 36.3 Å². The second kappa shape index (κ2) is 10.0. The van der Waals surface area contributed by atoms with E-state index in [1.807, 2.05) is 0 Å². The summed E-state index contributed by atoms with van der Waals surface area (Å²) in [4.78, 5) is 12.1. The third kappa shape index (κ3) is 6.53. The van der Waals surface area contributed by atoms with Crippen molar-refractivity contribution in [3.05, 3.63) is 5.82 Å². The van der Waals surface area contributed by atoms with E-state index in [9.17, 15) is 4.79 Å². The number of carbonyl (C=O) groups excluding carboxylic acids is 1. The Labute approximate surface area is 155 Å². The summed E-state index contributed by atoms with van der Waals surface area (Å²) in [6.45, 7) is 6.52. The van der Waals surface area contributed by atoms with Crippen molar-refractivity contribution in [2.45, 2.75) is 89.3 Å². The predicted octanol–water partition coefficient (Wildman–Crippen LogP) is 3.46. The van der Waals surface area contributed by atoms with Crippen molar-refractivity contribution in [1.82, 2.24) is 20.2 Å². The van der Waals surface area contributed by atoms with Crippen LogP contribution < -0.4 is 11.2 Å². The monoisotopic (exact) mass is 367 g/mol. The Morgan fingerprint density at radius 2 is 1.96 bits per heavy atom. The van der Waals surface area contributed by atoms with E-state index in [0.29, 0.717) is 22.7 Å². The fourth-order valence-electron chi connectivity index (χ4n) is 3.38. The average Bonchev–Trinajstić information content (AvgIpc) is 2.94. The molecule has 6 nitrogen and oxygen atoms in total. The summed E-state index contributed by atoms with van der Waals surface area (Å²) in [5.41, 5.74) is 0. The molecule has 0 bridgehead atoms. The maximum Gasteiger partial charge on any atom is 0.230 e. The van der Waals surface area contributed by atoms with E-state index in [0.717, 1.165) is 31.5 Å². The van der Waals surface area contributed by atoms with Gasteiger partial charge in [0.05, 0.1) is 5.75 Å². The highest BCUT2D eigenvalue weighted by Crippen LogP contribution is 2.32. The largest absolute Gasteiger partial charge is 0.353 e. The van der Waals surface area contributed by atoms with Gasteiger partial charge in [-0.05, 0) is 32.1 Å². The van der Waals surface area contributed by atoms with E-state index >= 15 is 0 Å². The molecule has 1 fully saturated rings. The zero-order valence-corrected chi connectivity index (χ0v) is 16.6. The lowest BCUT2D eigenvalue weighted by Crippen LogP contribution is -2.34. The number of nitrogens with zero attached hydrogens (tertiary/aromatic N) is 3. The van der Waals surface area contributed by atoms with E-state index in [4.69, 9.17) is 5.84 Å². The molecule has 1 aliphatic carbocycles. The molecule has 1 atom stereocenters. The van der Waals surface area contributed by atoms with Gasteiger partial charge in [0.2, 0.25) is 11.1 Å². The number of thioether (sulfide) groups is 1. The third-order valence-corrected chi connectivity index (χ3v) is 5.76. The molecule has 0 saturated heterocycles. The topological polar surface area (TPSA) is 85.8 Å². The summed E-state index contributed by atoms with van der Waals surface area (Å²) >= 11 is 1.36. The van der Waals surface area contributed by atoms with Crippen LogP contribution in [0.4, 0.5) is 0 Å². The summed E-state index contributed by atoms with van der Waals surface area (Å²) in [6, 6.07) is 0.209. The summed E-state index contributed by atoms with van der Waals surface area (Å²) < 4.78 is 1.58. The van der Waals surface area contributed by atoms with Gasteiger partial charge in [0, 0.05) is 12.0 Å². The Balaban J connectivity index is 1.75. The lowest BCUT2D eigenvalue weighted by Gasteiger charge is -2.20. The number of nitrogens with one attached hydrogen (secondary N) is 1. The quantitative estimate of drug-likeness (QED) is 0.515. The van der Waals surface area contributed by atoms with Gasteiger partial charge in [-0.2, -0.15) is 0 Å². The van der Waals surface area contributed by atoms with Gasteiger partial charge < -0.3 is 11.2 Å². The van der Waals surface area contributed by atoms with Crippen LogP contribution in [0.1, 0.15) is 83.9 Å². The minimum atomic E-state index is 0.0317. The first-order valence-electron chi connectivity index (χ1n) is 9.60. The van der Waals surface area contributed by atoms with Crippen molar-refractivity contribution in [2.24, 2.45) is 5.92 Å². The van der Waals surface area contributed by atoms with Gasteiger partial charge >= 0.3 is 0 Å². The maximum atomic E-state index is 12.1. The molecule has 0 aromatic carbocycles. The highest BCUT2D eigenvalue weighted by molar-refractivity contribution is 7.99. The van der Waals surface area contributed by atoms with Gasteiger partial charge in [-0.15, -0.1) is 10.2 Å². The Hall–Kier alpha value is -1.24. The number of hydrogen-bond donors (Lipinski definition) is 2. The Kier molecular flexibility index (Phi) is 8.06. The van der Waals surface area contributed by atoms with E-state index in [1.54, 1.807) is 4.68 Å². The molecule has 1 amide bonds. The number of amides is 1. The van der Waals surface area contributed by atoms with E-state index in [-0.39, 0.29) is 11.9 Å². The van der Waals surface area contributed by atoms with Crippen LogP contribution in [0.5, 0.6) is 0 Å². The van der Waals surface area contributed by atoms with Crippen LogP contribution in [0, 0.1) is 5.92 Å². The molecule has 0 spiro atoms. The standard InChI is InChI=1S/C18H33N5OS/c1-13(2)8-7-9-14(3)20-16(24)12-25-18-22-21-17(23(18)19)15-10-5-4-6-11-15/h13-15H,4-12,19H2,1-3H3,(H,20,24). The molecule has 25 heavy (non-hydrogen) atoms. The highest BCUT2D eigenvalue weighted by Gasteiger charge is 2.22. The molecule has 1 aliphatic rings. The van der Waals surface area contributed by atoms with Gasteiger partial charge in [0.15, 0.2) is 5.82 Å². The average molecular weight is 368 g/mol. The zero-order chi connectivity index (χ0) is 18.2. The number of hydrogen-bond acceptors (Lipinski definition) is 5. The van der Waals surface area contributed by atoms with Gasteiger partial charge in [0.1, 0.15) is 0 Å². The second-order valence-corrected chi connectivity index (χ2v) is 8.57. The van der Waals surface area contributed by atoms with E-state index < -0.39 is 0 Å². The van der Waals surface area contributed by atoms with Crippen molar-refractivity contribution in [2.75, 3.05) is 11.6 Å². The summed E-state index contributed by atoms with van der Waals surface area (Å²) in [5, 5.41) is 12.1. The third-order valence-electron chi connectivity index (χ3n) is 4.82. The summed E-state index contributed by atoms with van der Waals surface area (Å²) in [6.07, 6.45) is 9.40. The van der Waals surface area contributed by atoms with Crippen LogP contribution >= 0.6 is 11.8 Å². The number of carbonyl (C=O) groups is 1. The normalized spacial score (nSPS) is 17.0. The van der Waals surface area contributed by atoms with Crippen molar-refractivity contribution >= 4 is 17.7 Å². The molecule has 1 aromatic rings. The Bertz CT molecular complexity index is 540. The molecular weight excluding hydrogens is 334 g/mol. The van der Waals surface area contributed by atoms with Gasteiger partial charge in [-0.3, -0.25) is 4.79 Å². The molecule has 3 N–H and O–H groups in total. The molecule has 2 rings (SSSR count). The van der Waals surface area contributed by atoms with Crippen LogP contribution in [0.3, 0.4) is 0 Å². The lowest BCUT2D eigenvalue weighted by atomic mass is 9.89. The van der Waals surface area contributed by atoms with Gasteiger partial charge in [-0.1, -0.05) is 57.7 Å². The second-order valence-electron chi connectivity index (χ2n) is 7.63. The maximum absolute atomic E-state index is 12.1. The smallest absolute Gasteiger partial charge is 0.230 e. The van der Waals surface area contributed by atoms with Gasteiger partial charge in [-0.25, -0.2) is 4.68 Å². The van der Waals surface area contributed by atoms with Crippen LogP contribution in [0.15, 0.2) is 5.16 Å². The summed E-state index contributed by atoms with van der Waals surface area (Å²) in [5.74, 6) is 8.51. The molecule has 1 aromatic heterocycles. The van der Waals surface area contributed by atoms with Crippen LogP contribution in [0.2, 0.25) is 0 Å².